The molecule has 1 heterocycles. The Morgan fingerprint density at radius 2 is 1.73 bits per heavy atom. The highest BCUT2D eigenvalue weighted by atomic mass is 32.2. The van der Waals surface area contributed by atoms with Crippen LogP contribution in [0, 0.1) is 5.92 Å². The van der Waals surface area contributed by atoms with Gasteiger partial charge in [-0.25, -0.2) is 8.42 Å². The Balaban J connectivity index is 1.84. The molecule has 1 N–H and O–H groups in total. The molecule has 0 spiro atoms. The molecule has 144 valence electrons. The van der Waals surface area contributed by atoms with Crippen molar-refractivity contribution in [1.82, 2.24) is 4.31 Å². The number of nitrogens with zero attached hydrogens (tertiary/aromatic N) is 1. The van der Waals surface area contributed by atoms with Crippen LogP contribution in [0.1, 0.15) is 51.4 Å². The van der Waals surface area contributed by atoms with Gasteiger partial charge in [-0.05, 0) is 43.9 Å². The normalized spacial score (nSPS) is 19.9. The SMILES string of the molecule is COc1ccc(S(=O)(=O)N2CCCCCC2)cc1NC(=O)C1CCCC1. The molecule has 1 saturated carbocycles. The lowest BCUT2D eigenvalue weighted by molar-refractivity contribution is -0.119. The highest BCUT2D eigenvalue weighted by molar-refractivity contribution is 7.89. The minimum Gasteiger partial charge on any atom is -0.495 e. The van der Waals surface area contributed by atoms with Gasteiger partial charge in [-0.15, -0.1) is 0 Å². The third-order valence-corrected chi connectivity index (χ3v) is 7.25. The number of methoxy groups -OCH3 is 1. The fourth-order valence-electron chi connectivity index (χ4n) is 3.80. The molecule has 0 bridgehead atoms. The number of hydrogen-bond donors (Lipinski definition) is 1. The molecule has 0 radical (unpaired) electrons. The lowest BCUT2D eigenvalue weighted by Gasteiger charge is -2.21. The maximum atomic E-state index is 13.0. The van der Waals surface area contributed by atoms with E-state index >= 15 is 0 Å². The third-order valence-electron chi connectivity index (χ3n) is 5.36. The number of amides is 1. The minimum absolute atomic E-state index is 0.00516. The predicted molar refractivity (Wildman–Crippen MR) is 101 cm³/mol. The first-order valence-electron chi connectivity index (χ1n) is 9.51. The van der Waals surface area contributed by atoms with E-state index in [0.29, 0.717) is 24.5 Å². The van der Waals surface area contributed by atoms with Gasteiger partial charge in [0.15, 0.2) is 0 Å². The molecule has 6 nitrogen and oxygen atoms in total. The maximum absolute atomic E-state index is 13.0. The first-order chi connectivity index (χ1) is 12.5. The van der Waals surface area contributed by atoms with E-state index < -0.39 is 10.0 Å². The second kappa shape index (κ2) is 8.39. The van der Waals surface area contributed by atoms with E-state index in [0.717, 1.165) is 51.4 Å². The molecule has 1 aliphatic heterocycles. The summed E-state index contributed by atoms with van der Waals surface area (Å²) in [6.45, 7) is 1.11. The zero-order chi connectivity index (χ0) is 18.6. The van der Waals surface area contributed by atoms with Gasteiger partial charge in [-0.2, -0.15) is 4.31 Å². The lowest BCUT2D eigenvalue weighted by atomic mass is 10.1. The average Bonchev–Trinajstić information content (AvgIpc) is 3.03. The summed E-state index contributed by atoms with van der Waals surface area (Å²) in [6.07, 6.45) is 7.83. The van der Waals surface area contributed by atoms with Gasteiger partial charge in [-0.1, -0.05) is 25.7 Å². The number of benzene rings is 1. The Bertz CT molecular complexity index is 734. The molecule has 7 heteroatoms. The van der Waals surface area contributed by atoms with Crippen LogP contribution in [0.15, 0.2) is 23.1 Å². The van der Waals surface area contributed by atoms with Crippen molar-refractivity contribution in [3.05, 3.63) is 18.2 Å². The highest BCUT2D eigenvalue weighted by Crippen LogP contribution is 2.32. The van der Waals surface area contributed by atoms with Crippen LogP contribution < -0.4 is 10.1 Å². The van der Waals surface area contributed by atoms with Crippen LogP contribution in [0.25, 0.3) is 0 Å². The summed E-state index contributed by atoms with van der Waals surface area (Å²) in [5, 5.41) is 2.88. The Hall–Kier alpha value is -1.60. The number of ether oxygens (including phenoxy) is 1. The fraction of sp³-hybridized carbons (Fsp3) is 0.632. The number of nitrogens with one attached hydrogen (secondary N) is 1. The molecule has 1 aromatic carbocycles. The lowest BCUT2D eigenvalue weighted by Crippen LogP contribution is -2.32. The van der Waals surface area contributed by atoms with E-state index in [-0.39, 0.29) is 16.7 Å². The van der Waals surface area contributed by atoms with Gasteiger partial charge in [-0.3, -0.25) is 4.79 Å². The third kappa shape index (κ3) is 4.20. The fourth-order valence-corrected chi connectivity index (χ4v) is 5.34. The van der Waals surface area contributed by atoms with Crippen LogP contribution in [0.4, 0.5) is 5.69 Å². The summed E-state index contributed by atoms with van der Waals surface area (Å²) in [5.41, 5.74) is 0.431. The van der Waals surface area contributed by atoms with Gasteiger partial charge < -0.3 is 10.1 Å². The van der Waals surface area contributed by atoms with Crippen LogP contribution in [0.3, 0.4) is 0 Å². The van der Waals surface area contributed by atoms with Gasteiger partial charge in [0.1, 0.15) is 5.75 Å². The molecule has 2 fully saturated rings. The van der Waals surface area contributed by atoms with Crippen LogP contribution in [0.5, 0.6) is 5.75 Å². The van der Waals surface area contributed by atoms with Gasteiger partial charge >= 0.3 is 0 Å². The number of anilines is 1. The van der Waals surface area contributed by atoms with Gasteiger partial charge in [0.05, 0.1) is 17.7 Å². The zero-order valence-corrected chi connectivity index (χ0v) is 16.2. The van der Waals surface area contributed by atoms with Crippen molar-refractivity contribution in [1.29, 1.82) is 0 Å². The maximum Gasteiger partial charge on any atom is 0.243 e. The van der Waals surface area contributed by atoms with Crippen molar-refractivity contribution in [2.75, 3.05) is 25.5 Å². The molecular formula is C19H28N2O4S. The van der Waals surface area contributed by atoms with E-state index in [1.54, 1.807) is 16.4 Å². The van der Waals surface area contributed by atoms with Crippen LogP contribution in [-0.2, 0) is 14.8 Å². The van der Waals surface area contributed by atoms with E-state index in [1.165, 1.54) is 13.2 Å². The van der Waals surface area contributed by atoms with Gasteiger partial charge in [0, 0.05) is 19.0 Å². The van der Waals surface area contributed by atoms with Crippen molar-refractivity contribution in [2.24, 2.45) is 5.92 Å². The molecule has 1 aromatic rings. The molecule has 1 aliphatic carbocycles. The predicted octanol–water partition coefficient (Wildman–Crippen LogP) is 3.39. The van der Waals surface area contributed by atoms with Crippen LogP contribution in [-0.4, -0.2) is 38.8 Å². The summed E-state index contributed by atoms with van der Waals surface area (Å²) in [5.74, 6) is 0.432. The quantitative estimate of drug-likeness (QED) is 0.849. The summed E-state index contributed by atoms with van der Waals surface area (Å²) in [6, 6.07) is 4.71. The molecule has 0 atom stereocenters. The van der Waals surface area contributed by atoms with Crippen molar-refractivity contribution >= 4 is 21.6 Å². The van der Waals surface area contributed by atoms with Crippen molar-refractivity contribution in [3.63, 3.8) is 0 Å². The summed E-state index contributed by atoms with van der Waals surface area (Å²) < 4.78 is 32.9. The second-order valence-corrected chi connectivity index (χ2v) is 9.09. The number of sulfonamides is 1. The van der Waals surface area contributed by atoms with Crippen molar-refractivity contribution in [2.45, 2.75) is 56.3 Å². The molecule has 26 heavy (non-hydrogen) atoms. The molecular weight excluding hydrogens is 352 g/mol. The Morgan fingerprint density at radius 1 is 1.08 bits per heavy atom. The molecule has 3 rings (SSSR count). The average molecular weight is 381 g/mol. The topological polar surface area (TPSA) is 75.7 Å². The Labute approximate surface area is 156 Å². The second-order valence-electron chi connectivity index (χ2n) is 7.15. The number of carbonyl (C=O) groups is 1. The number of hydrogen-bond acceptors (Lipinski definition) is 4. The molecule has 1 saturated heterocycles. The van der Waals surface area contributed by atoms with Crippen LogP contribution in [0.2, 0.25) is 0 Å². The van der Waals surface area contributed by atoms with Crippen molar-refractivity contribution in [3.8, 4) is 5.75 Å². The van der Waals surface area contributed by atoms with Crippen molar-refractivity contribution < 1.29 is 17.9 Å². The summed E-state index contributed by atoms with van der Waals surface area (Å²) >= 11 is 0. The minimum atomic E-state index is -3.56. The number of carbonyl (C=O) groups excluding carboxylic acids is 1. The molecule has 1 amide bonds. The van der Waals surface area contributed by atoms with Gasteiger partial charge in [0.25, 0.3) is 0 Å². The monoisotopic (exact) mass is 380 g/mol. The van der Waals surface area contributed by atoms with Gasteiger partial charge in [0.2, 0.25) is 15.9 Å². The first kappa shape index (κ1) is 19.2. The van der Waals surface area contributed by atoms with E-state index in [4.69, 9.17) is 4.74 Å². The Kier molecular flexibility index (Phi) is 6.19. The summed E-state index contributed by atoms with van der Waals surface area (Å²) in [7, 11) is -2.04. The zero-order valence-electron chi connectivity index (χ0n) is 15.4. The first-order valence-corrected chi connectivity index (χ1v) is 11.0. The highest BCUT2D eigenvalue weighted by Gasteiger charge is 2.27. The largest absolute Gasteiger partial charge is 0.495 e. The van der Waals surface area contributed by atoms with E-state index in [2.05, 4.69) is 5.32 Å². The standard InChI is InChI=1S/C19H28N2O4S/c1-25-18-11-10-16(26(23,24)21-12-6-2-3-7-13-21)14-17(18)20-19(22)15-8-4-5-9-15/h10-11,14-15H,2-9,12-13H2,1H3,(H,20,22). The smallest absolute Gasteiger partial charge is 0.243 e. The van der Waals surface area contributed by atoms with E-state index in [9.17, 15) is 13.2 Å². The number of rotatable bonds is 5. The van der Waals surface area contributed by atoms with E-state index in [1.807, 2.05) is 0 Å². The molecule has 0 unspecified atom stereocenters. The summed E-state index contributed by atoms with van der Waals surface area (Å²) in [4.78, 5) is 12.7. The van der Waals surface area contributed by atoms with Crippen LogP contribution >= 0.6 is 0 Å². The molecule has 0 aromatic heterocycles. The Morgan fingerprint density at radius 3 is 2.35 bits per heavy atom. The molecule has 2 aliphatic rings.